The fourth-order valence-corrected chi connectivity index (χ4v) is 1.50. The lowest BCUT2D eigenvalue weighted by Gasteiger charge is -2.15. The molecule has 0 aliphatic carbocycles. The van der Waals surface area contributed by atoms with Crippen LogP contribution < -0.4 is 11.3 Å². The van der Waals surface area contributed by atoms with Crippen LogP contribution in [0.15, 0.2) is 24.4 Å². The molecule has 0 aliphatic rings. The number of pyridine rings is 1. The summed E-state index contributed by atoms with van der Waals surface area (Å²) in [5.41, 5.74) is 3.07. The first-order chi connectivity index (χ1) is 8.27. The zero-order valence-electron chi connectivity index (χ0n) is 10.1. The number of aromatic nitrogens is 1. The van der Waals surface area contributed by atoms with Gasteiger partial charge >= 0.3 is 0 Å². The van der Waals surface area contributed by atoms with Crippen LogP contribution >= 0.6 is 0 Å². The van der Waals surface area contributed by atoms with Crippen molar-refractivity contribution >= 4 is 5.91 Å². The van der Waals surface area contributed by atoms with E-state index < -0.39 is 6.10 Å². The summed E-state index contributed by atoms with van der Waals surface area (Å²) in [6.45, 7) is 2.47. The zero-order chi connectivity index (χ0) is 12.5. The minimum absolute atomic E-state index is 0.270. The topological polar surface area (TPSA) is 77.2 Å². The molecule has 1 aromatic heterocycles. The lowest BCUT2D eigenvalue weighted by Crippen LogP contribution is -2.40. The van der Waals surface area contributed by atoms with Crippen molar-refractivity contribution in [2.45, 2.75) is 32.3 Å². The van der Waals surface area contributed by atoms with E-state index in [2.05, 4.69) is 10.4 Å². The molecule has 0 bridgehead atoms. The van der Waals surface area contributed by atoms with Gasteiger partial charge in [-0.05, 0) is 18.6 Å². The van der Waals surface area contributed by atoms with Crippen LogP contribution in [-0.2, 0) is 16.0 Å². The van der Waals surface area contributed by atoms with Crippen molar-refractivity contribution < 1.29 is 9.53 Å². The van der Waals surface area contributed by atoms with Crippen molar-refractivity contribution in [2.24, 2.45) is 5.84 Å². The maximum absolute atomic E-state index is 11.4. The van der Waals surface area contributed by atoms with Crippen LogP contribution in [0.4, 0.5) is 0 Å². The normalized spacial score (nSPS) is 12.1. The number of amides is 1. The van der Waals surface area contributed by atoms with E-state index >= 15 is 0 Å². The van der Waals surface area contributed by atoms with E-state index in [1.807, 2.05) is 25.1 Å². The second kappa shape index (κ2) is 7.76. The summed E-state index contributed by atoms with van der Waals surface area (Å²) in [5, 5.41) is 0. The number of hydrogen-bond acceptors (Lipinski definition) is 4. The van der Waals surface area contributed by atoms with Crippen LogP contribution in [0.5, 0.6) is 0 Å². The van der Waals surface area contributed by atoms with Crippen molar-refractivity contribution in [3.8, 4) is 0 Å². The lowest BCUT2D eigenvalue weighted by molar-refractivity contribution is -0.133. The second-order valence-corrected chi connectivity index (χ2v) is 3.73. The van der Waals surface area contributed by atoms with E-state index in [1.54, 1.807) is 6.20 Å². The Kier molecular flexibility index (Phi) is 6.21. The first-order valence-electron chi connectivity index (χ1n) is 5.80. The second-order valence-electron chi connectivity index (χ2n) is 3.73. The van der Waals surface area contributed by atoms with E-state index in [0.717, 1.165) is 12.1 Å². The Bertz CT molecular complexity index is 330. The Labute approximate surface area is 101 Å². The van der Waals surface area contributed by atoms with Crippen molar-refractivity contribution in [1.82, 2.24) is 10.4 Å². The van der Waals surface area contributed by atoms with Crippen molar-refractivity contribution in [3.05, 3.63) is 30.1 Å². The third kappa shape index (κ3) is 4.93. The number of carbonyl (C=O) groups excluding carboxylic acids is 1. The number of ether oxygens (including phenoxy) is 1. The van der Waals surface area contributed by atoms with Crippen LogP contribution in [-0.4, -0.2) is 23.6 Å². The fourth-order valence-electron chi connectivity index (χ4n) is 1.50. The Morgan fingerprint density at radius 3 is 3.00 bits per heavy atom. The molecule has 0 radical (unpaired) electrons. The van der Waals surface area contributed by atoms with Crippen molar-refractivity contribution in [2.75, 3.05) is 6.61 Å². The summed E-state index contributed by atoms with van der Waals surface area (Å²) >= 11 is 0. The number of nitrogens with one attached hydrogen (secondary N) is 1. The number of carbonyl (C=O) groups is 1. The summed E-state index contributed by atoms with van der Waals surface area (Å²) in [6.07, 6.45) is 3.52. The van der Waals surface area contributed by atoms with Gasteiger partial charge < -0.3 is 4.74 Å². The van der Waals surface area contributed by atoms with Crippen molar-refractivity contribution in [3.63, 3.8) is 0 Å². The van der Waals surface area contributed by atoms with E-state index in [0.29, 0.717) is 19.4 Å². The standard InChI is InChI=1S/C12H19N3O2/c1-2-5-11(12(16)15-13)17-9-7-10-6-3-4-8-14-10/h3-4,6,8,11H,2,5,7,9,13H2,1H3,(H,15,16). The highest BCUT2D eigenvalue weighted by molar-refractivity contribution is 5.80. The van der Waals surface area contributed by atoms with Gasteiger partial charge in [0, 0.05) is 18.3 Å². The van der Waals surface area contributed by atoms with Crippen LogP contribution in [0, 0.1) is 0 Å². The molecule has 1 heterocycles. The van der Waals surface area contributed by atoms with E-state index in [1.165, 1.54) is 0 Å². The quantitative estimate of drug-likeness (QED) is 0.418. The predicted octanol–water partition coefficient (Wildman–Crippen LogP) is 0.799. The van der Waals surface area contributed by atoms with Gasteiger partial charge in [-0.3, -0.25) is 15.2 Å². The van der Waals surface area contributed by atoms with Gasteiger partial charge in [-0.1, -0.05) is 19.4 Å². The van der Waals surface area contributed by atoms with Crippen molar-refractivity contribution in [1.29, 1.82) is 0 Å². The molecule has 0 aromatic carbocycles. The first-order valence-corrected chi connectivity index (χ1v) is 5.80. The molecule has 5 heteroatoms. The van der Waals surface area contributed by atoms with Gasteiger partial charge in [0.1, 0.15) is 6.10 Å². The number of hydrogen-bond donors (Lipinski definition) is 2. The van der Waals surface area contributed by atoms with E-state index in [9.17, 15) is 4.79 Å². The molecule has 1 atom stereocenters. The van der Waals surface area contributed by atoms with Crippen LogP contribution in [0.25, 0.3) is 0 Å². The van der Waals surface area contributed by atoms with Crippen LogP contribution in [0.3, 0.4) is 0 Å². The molecule has 1 unspecified atom stereocenters. The van der Waals surface area contributed by atoms with E-state index in [4.69, 9.17) is 10.6 Å². The molecule has 0 spiro atoms. The molecule has 0 saturated heterocycles. The van der Waals surface area contributed by atoms with E-state index in [-0.39, 0.29) is 5.91 Å². The smallest absolute Gasteiger partial charge is 0.262 e. The van der Waals surface area contributed by atoms with Crippen LogP contribution in [0.1, 0.15) is 25.5 Å². The maximum atomic E-state index is 11.4. The van der Waals surface area contributed by atoms with Gasteiger partial charge in [-0.2, -0.15) is 0 Å². The molecule has 94 valence electrons. The Morgan fingerprint density at radius 2 is 2.41 bits per heavy atom. The number of rotatable bonds is 7. The average Bonchev–Trinajstić information content (AvgIpc) is 2.38. The Morgan fingerprint density at radius 1 is 1.59 bits per heavy atom. The molecular formula is C12H19N3O2. The number of nitrogens with zero attached hydrogens (tertiary/aromatic N) is 1. The van der Waals surface area contributed by atoms with Crippen LogP contribution in [0.2, 0.25) is 0 Å². The third-order valence-corrected chi connectivity index (χ3v) is 2.39. The molecule has 1 aromatic rings. The highest BCUT2D eigenvalue weighted by atomic mass is 16.5. The summed E-state index contributed by atoms with van der Waals surface area (Å²) < 4.78 is 5.51. The monoisotopic (exact) mass is 237 g/mol. The number of nitrogens with two attached hydrogens (primary N) is 1. The Hall–Kier alpha value is -1.46. The van der Waals surface area contributed by atoms with Gasteiger partial charge in [0.05, 0.1) is 6.61 Å². The zero-order valence-corrected chi connectivity index (χ0v) is 10.1. The minimum Gasteiger partial charge on any atom is -0.368 e. The third-order valence-electron chi connectivity index (χ3n) is 2.39. The van der Waals surface area contributed by atoms with Gasteiger partial charge in [0.2, 0.25) is 0 Å². The molecule has 17 heavy (non-hydrogen) atoms. The molecular weight excluding hydrogens is 218 g/mol. The summed E-state index contributed by atoms with van der Waals surface area (Å²) in [4.78, 5) is 15.5. The van der Waals surface area contributed by atoms with Gasteiger partial charge in [-0.15, -0.1) is 0 Å². The SMILES string of the molecule is CCCC(OCCc1ccccn1)C(=O)NN. The Balaban J connectivity index is 2.34. The maximum Gasteiger partial charge on any atom is 0.262 e. The lowest BCUT2D eigenvalue weighted by atomic mass is 10.2. The molecule has 5 nitrogen and oxygen atoms in total. The minimum atomic E-state index is -0.464. The average molecular weight is 237 g/mol. The highest BCUT2D eigenvalue weighted by Crippen LogP contribution is 2.04. The molecule has 0 saturated carbocycles. The number of hydrazine groups is 1. The molecule has 3 N–H and O–H groups in total. The molecule has 1 amide bonds. The molecule has 0 aliphatic heterocycles. The fraction of sp³-hybridized carbons (Fsp3) is 0.500. The summed E-state index contributed by atoms with van der Waals surface area (Å²) in [6, 6.07) is 5.73. The molecule has 1 rings (SSSR count). The largest absolute Gasteiger partial charge is 0.368 e. The molecule has 0 fully saturated rings. The predicted molar refractivity (Wildman–Crippen MR) is 64.9 cm³/mol. The summed E-state index contributed by atoms with van der Waals surface area (Å²) in [5.74, 6) is 4.82. The first kappa shape index (κ1) is 13.6. The van der Waals surface area contributed by atoms with Gasteiger partial charge in [0.15, 0.2) is 0 Å². The summed E-state index contributed by atoms with van der Waals surface area (Å²) in [7, 11) is 0. The van der Waals surface area contributed by atoms with Gasteiger partial charge in [0.25, 0.3) is 5.91 Å². The van der Waals surface area contributed by atoms with Gasteiger partial charge in [-0.25, -0.2) is 5.84 Å². The highest BCUT2D eigenvalue weighted by Gasteiger charge is 2.16.